The Morgan fingerprint density at radius 3 is 2.70 bits per heavy atom. The van der Waals surface area contributed by atoms with Gasteiger partial charge >= 0.3 is 18.0 Å². The van der Waals surface area contributed by atoms with E-state index in [1.165, 1.54) is 19.1 Å². The number of esters is 1. The molecule has 2 unspecified atom stereocenters. The summed E-state index contributed by atoms with van der Waals surface area (Å²) in [6, 6.07) is -2.74. The Morgan fingerprint density at radius 1 is 1.45 bits per heavy atom. The summed E-state index contributed by atoms with van der Waals surface area (Å²) in [7, 11) is 2.53. The third kappa shape index (κ3) is 4.07. The maximum absolute atomic E-state index is 12.1. The number of carbonyl (C=O) groups excluding carboxylic acids is 2. The van der Waals surface area contributed by atoms with Gasteiger partial charge in [0.05, 0.1) is 26.9 Å². The molecule has 2 N–H and O–H groups in total. The van der Waals surface area contributed by atoms with E-state index in [1.807, 2.05) is 0 Å². The molecule has 2 atom stereocenters. The number of urea groups is 1. The molecule has 0 aliphatic carbocycles. The van der Waals surface area contributed by atoms with E-state index in [9.17, 15) is 14.4 Å². The predicted molar refractivity (Wildman–Crippen MR) is 65.2 cm³/mol. The van der Waals surface area contributed by atoms with Gasteiger partial charge in [0.1, 0.15) is 0 Å². The zero-order valence-electron chi connectivity index (χ0n) is 11.3. The van der Waals surface area contributed by atoms with E-state index in [4.69, 9.17) is 14.6 Å². The maximum Gasteiger partial charge on any atom is 0.331 e. The van der Waals surface area contributed by atoms with Gasteiger partial charge in [0.15, 0.2) is 12.1 Å². The molecule has 0 bridgehead atoms. The van der Waals surface area contributed by atoms with Crippen LogP contribution in [0.25, 0.3) is 0 Å². The Bertz CT molecular complexity index is 374. The van der Waals surface area contributed by atoms with Crippen molar-refractivity contribution in [3.63, 3.8) is 0 Å². The number of hydrogen-bond donors (Lipinski definition) is 2. The lowest BCUT2D eigenvalue weighted by Gasteiger charge is -2.34. The van der Waals surface area contributed by atoms with E-state index in [0.717, 1.165) is 0 Å². The fraction of sp³-hybridized carbons (Fsp3) is 0.727. The third-order valence-electron chi connectivity index (χ3n) is 2.79. The number of carbonyl (C=O) groups is 3. The summed E-state index contributed by atoms with van der Waals surface area (Å²) in [5.41, 5.74) is 0. The van der Waals surface area contributed by atoms with Gasteiger partial charge in [-0.05, 0) is 0 Å². The second-order valence-corrected chi connectivity index (χ2v) is 4.10. The minimum Gasteiger partial charge on any atom is -0.480 e. The second kappa shape index (κ2) is 7.65. The average molecular weight is 290 g/mol. The molecule has 0 aromatic rings. The Labute approximate surface area is 115 Å². The first-order valence-electron chi connectivity index (χ1n) is 5.95. The van der Waals surface area contributed by atoms with Gasteiger partial charge in [-0.1, -0.05) is 0 Å². The van der Waals surface area contributed by atoms with E-state index < -0.39 is 30.1 Å². The second-order valence-electron chi connectivity index (χ2n) is 4.10. The summed E-state index contributed by atoms with van der Waals surface area (Å²) in [4.78, 5) is 35.8. The highest BCUT2D eigenvalue weighted by atomic mass is 16.5. The molecular formula is C11H18N2O7. The van der Waals surface area contributed by atoms with E-state index in [0.29, 0.717) is 0 Å². The quantitative estimate of drug-likeness (QED) is 0.603. The van der Waals surface area contributed by atoms with Crippen molar-refractivity contribution in [3.8, 4) is 0 Å². The molecule has 9 heteroatoms. The Kier molecular flexibility index (Phi) is 6.19. The molecule has 0 aromatic carbocycles. The molecule has 1 saturated heterocycles. The van der Waals surface area contributed by atoms with E-state index in [-0.39, 0.29) is 26.4 Å². The summed E-state index contributed by atoms with van der Waals surface area (Å²) in [6.07, 6.45) is 0. The minimum absolute atomic E-state index is 0.0160. The number of amides is 2. The first kappa shape index (κ1) is 16.2. The summed E-state index contributed by atoms with van der Waals surface area (Å²) >= 11 is 0. The molecule has 0 spiro atoms. The average Bonchev–Trinajstić information content (AvgIpc) is 2.45. The van der Waals surface area contributed by atoms with Gasteiger partial charge < -0.3 is 29.5 Å². The highest BCUT2D eigenvalue weighted by Gasteiger charge is 2.35. The number of morpholine rings is 1. The van der Waals surface area contributed by atoms with Crippen LogP contribution < -0.4 is 5.32 Å². The number of nitrogens with one attached hydrogen (secondary N) is 1. The first-order valence-corrected chi connectivity index (χ1v) is 5.95. The number of methoxy groups -OCH3 is 2. The molecule has 9 nitrogen and oxygen atoms in total. The standard InChI is InChI=1S/C11H18N2O7/c1-18-5-7(9(14)15)12-11(17)13-3-4-20-6-8(13)10(16)19-2/h7-8H,3-6H2,1-2H3,(H,12,17)(H,14,15). The Morgan fingerprint density at radius 2 is 2.15 bits per heavy atom. The molecule has 0 aromatic heterocycles. The minimum atomic E-state index is -1.22. The molecule has 1 fully saturated rings. The van der Waals surface area contributed by atoms with Crippen LogP contribution in [0.15, 0.2) is 0 Å². The van der Waals surface area contributed by atoms with Crippen LogP contribution in [0.5, 0.6) is 0 Å². The molecule has 0 saturated carbocycles. The SMILES string of the molecule is COCC(NC(=O)N1CCOCC1C(=O)OC)C(=O)O. The van der Waals surface area contributed by atoms with E-state index in [2.05, 4.69) is 10.1 Å². The molecule has 1 aliphatic heterocycles. The van der Waals surface area contributed by atoms with Crippen molar-refractivity contribution in [3.05, 3.63) is 0 Å². The summed E-state index contributed by atoms with van der Waals surface area (Å²) in [5, 5.41) is 11.2. The zero-order valence-corrected chi connectivity index (χ0v) is 11.3. The number of aliphatic carboxylic acids is 1. The fourth-order valence-electron chi connectivity index (χ4n) is 1.75. The Hall–Kier alpha value is -1.87. The van der Waals surface area contributed by atoms with Crippen molar-refractivity contribution in [2.75, 3.05) is 40.6 Å². The lowest BCUT2D eigenvalue weighted by molar-refractivity contribution is -0.151. The van der Waals surface area contributed by atoms with Crippen molar-refractivity contribution in [2.45, 2.75) is 12.1 Å². The van der Waals surface area contributed by atoms with Crippen molar-refractivity contribution < 1.29 is 33.7 Å². The number of ether oxygens (including phenoxy) is 3. The summed E-state index contributed by atoms with van der Waals surface area (Å²) in [5.74, 6) is -1.83. The van der Waals surface area contributed by atoms with Crippen LogP contribution in [-0.4, -0.2) is 80.6 Å². The highest BCUT2D eigenvalue weighted by Crippen LogP contribution is 2.09. The number of carboxylic acid groups (broad SMARTS) is 1. The van der Waals surface area contributed by atoms with Crippen LogP contribution >= 0.6 is 0 Å². The van der Waals surface area contributed by atoms with Crippen LogP contribution in [0.4, 0.5) is 4.79 Å². The third-order valence-corrected chi connectivity index (χ3v) is 2.79. The van der Waals surface area contributed by atoms with Crippen molar-refractivity contribution in [1.82, 2.24) is 10.2 Å². The lowest BCUT2D eigenvalue weighted by atomic mass is 10.2. The van der Waals surface area contributed by atoms with Crippen molar-refractivity contribution in [2.24, 2.45) is 0 Å². The van der Waals surface area contributed by atoms with E-state index >= 15 is 0 Å². The van der Waals surface area contributed by atoms with Gasteiger partial charge in [0, 0.05) is 13.7 Å². The van der Waals surface area contributed by atoms with Gasteiger partial charge in [0.2, 0.25) is 0 Å². The predicted octanol–water partition coefficient (Wildman–Crippen LogP) is -1.33. The molecule has 114 valence electrons. The first-order chi connectivity index (χ1) is 9.51. The van der Waals surface area contributed by atoms with Gasteiger partial charge in [-0.3, -0.25) is 0 Å². The van der Waals surface area contributed by atoms with Crippen LogP contribution in [-0.2, 0) is 23.8 Å². The summed E-state index contributed by atoms with van der Waals surface area (Å²) in [6.45, 7) is 0.282. The molecule has 1 aliphatic rings. The summed E-state index contributed by atoms with van der Waals surface area (Å²) < 4.78 is 14.4. The molecule has 1 heterocycles. The smallest absolute Gasteiger partial charge is 0.331 e. The van der Waals surface area contributed by atoms with Crippen molar-refractivity contribution in [1.29, 1.82) is 0 Å². The molecule has 0 radical (unpaired) electrons. The lowest BCUT2D eigenvalue weighted by Crippen LogP contribution is -2.58. The zero-order chi connectivity index (χ0) is 15.1. The van der Waals surface area contributed by atoms with Gasteiger partial charge in [-0.15, -0.1) is 0 Å². The van der Waals surface area contributed by atoms with Crippen LogP contribution in [0.2, 0.25) is 0 Å². The van der Waals surface area contributed by atoms with Gasteiger partial charge in [0.25, 0.3) is 0 Å². The van der Waals surface area contributed by atoms with Gasteiger partial charge in [-0.25, -0.2) is 14.4 Å². The number of nitrogens with zero attached hydrogens (tertiary/aromatic N) is 1. The molecule has 20 heavy (non-hydrogen) atoms. The monoisotopic (exact) mass is 290 g/mol. The fourth-order valence-corrected chi connectivity index (χ4v) is 1.75. The maximum atomic E-state index is 12.1. The van der Waals surface area contributed by atoms with Crippen LogP contribution in [0, 0.1) is 0 Å². The molecule has 1 rings (SSSR count). The Balaban J connectivity index is 2.71. The van der Waals surface area contributed by atoms with E-state index in [1.54, 1.807) is 0 Å². The number of hydrogen-bond acceptors (Lipinski definition) is 6. The van der Waals surface area contributed by atoms with Crippen molar-refractivity contribution >= 4 is 18.0 Å². The highest BCUT2D eigenvalue weighted by molar-refractivity contribution is 5.87. The largest absolute Gasteiger partial charge is 0.480 e. The van der Waals surface area contributed by atoms with Gasteiger partial charge in [-0.2, -0.15) is 0 Å². The van der Waals surface area contributed by atoms with Crippen LogP contribution in [0.1, 0.15) is 0 Å². The number of carboxylic acids is 1. The topological polar surface area (TPSA) is 114 Å². The normalized spacial score (nSPS) is 20.1. The molecular weight excluding hydrogens is 272 g/mol. The van der Waals surface area contributed by atoms with Crippen LogP contribution in [0.3, 0.4) is 0 Å². The molecule has 2 amide bonds. The number of rotatable bonds is 5.